The van der Waals surface area contributed by atoms with Crippen LogP contribution in [0.4, 0.5) is 0 Å². The SMILES string of the molecule is C=CCCC(C(=O)OC)(C(=O)OC)[C@@H]1C=C[C@H](OCc2ccccc2)C[C@H](O[Si](c2ccccc2)(c2ccccc2)C(C)(C)C)C1. The average molecular weight is 641 g/mol. The lowest BCUT2D eigenvalue weighted by Crippen LogP contribution is -2.68. The van der Waals surface area contributed by atoms with Gasteiger partial charge in [-0.05, 0) is 40.2 Å². The molecular formula is C39H48O6Si. The number of methoxy groups -OCH3 is 2. The molecule has 0 fully saturated rings. The van der Waals surface area contributed by atoms with Crippen LogP contribution in [0.25, 0.3) is 0 Å². The Labute approximate surface area is 275 Å². The molecule has 0 saturated heterocycles. The van der Waals surface area contributed by atoms with Crippen LogP contribution in [0.2, 0.25) is 5.04 Å². The largest absolute Gasteiger partial charge is 0.468 e. The molecule has 0 bridgehead atoms. The van der Waals surface area contributed by atoms with Gasteiger partial charge in [-0.15, -0.1) is 6.58 Å². The molecule has 0 heterocycles. The zero-order valence-electron chi connectivity index (χ0n) is 27.8. The van der Waals surface area contributed by atoms with Crippen molar-refractivity contribution in [3.8, 4) is 0 Å². The van der Waals surface area contributed by atoms with Crippen molar-refractivity contribution in [2.45, 2.75) is 70.3 Å². The molecule has 0 N–H and O–H groups in total. The van der Waals surface area contributed by atoms with E-state index in [1.165, 1.54) is 14.2 Å². The van der Waals surface area contributed by atoms with Crippen LogP contribution in [0.3, 0.4) is 0 Å². The first-order valence-corrected chi connectivity index (χ1v) is 17.9. The standard InChI is InChI=1S/C39H48O6Si/c1-7-8-26-39(36(40)42-5,37(41)43-6)31-24-25-32(44-29-30-18-12-9-13-19-30)28-33(27-31)45-46(38(2,3)4,34-20-14-10-15-21-34)35-22-16-11-17-23-35/h7,9-25,31-33H,1,8,26-29H2,2-6H3/t31-,32+,33-/m1/s1. The summed E-state index contributed by atoms with van der Waals surface area (Å²) in [6.45, 7) is 11.0. The predicted molar refractivity (Wildman–Crippen MR) is 185 cm³/mol. The third-order valence-corrected chi connectivity index (χ3v) is 14.2. The summed E-state index contributed by atoms with van der Waals surface area (Å²) in [5, 5.41) is 2.04. The second kappa shape index (κ2) is 15.7. The normalized spacial score (nSPS) is 18.8. The number of allylic oxidation sites excluding steroid dienone is 2. The van der Waals surface area contributed by atoms with E-state index in [1.54, 1.807) is 6.08 Å². The molecule has 0 spiro atoms. The van der Waals surface area contributed by atoms with E-state index < -0.39 is 31.6 Å². The molecule has 0 radical (unpaired) electrons. The van der Waals surface area contributed by atoms with Gasteiger partial charge in [0, 0.05) is 18.4 Å². The van der Waals surface area contributed by atoms with Crippen LogP contribution in [0, 0.1) is 11.3 Å². The Hall–Kier alpha value is -3.78. The Morgan fingerprint density at radius 1 is 0.804 bits per heavy atom. The fourth-order valence-electron chi connectivity index (χ4n) is 6.83. The summed E-state index contributed by atoms with van der Waals surface area (Å²) in [6, 6.07) is 31.0. The average Bonchev–Trinajstić information content (AvgIpc) is 3.29. The van der Waals surface area contributed by atoms with Crippen LogP contribution >= 0.6 is 0 Å². The van der Waals surface area contributed by atoms with Gasteiger partial charge in [0.1, 0.15) is 0 Å². The van der Waals surface area contributed by atoms with Gasteiger partial charge in [0.05, 0.1) is 26.9 Å². The van der Waals surface area contributed by atoms with Crippen molar-refractivity contribution >= 4 is 30.6 Å². The molecule has 0 amide bonds. The van der Waals surface area contributed by atoms with Gasteiger partial charge < -0.3 is 18.6 Å². The maximum absolute atomic E-state index is 13.7. The number of rotatable bonds is 13. The molecule has 3 aromatic rings. The molecule has 46 heavy (non-hydrogen) atoms. The van der Waals surface area contributed by atoms with Crippen LogP contribution in [0.15, 0.2) is 116 Å². The van der Waals surface area contributed by atoms with Crippen molar-refractivity contribution in [2.24, 2.45) is 11.3 Å². The molecule has 7 heteroatoms. The first-order chi connectivity index (χ1) is 22.1. The van der Waals surface area contributed by atoms with E-state index in [0.29, 0.717) is 25.9 Å². The molecule has 3 aromatic carbocycles. The number of benzene rings is 3. The van der Waals surface area contributed by atoms with Crippen molar-refractivity contribution in [3.63, 3.8) is 0 Å². The van der Waals surface area contributed by atoms with Crippen molar-refractivity contribution in [1.82, 2.24) is 0 Å². The fraction of sp³-hybridized carbons (Fsp3) is 0.385. The van der Waals surface area contributed by atoms with Gasteiger partial charge in [-0.1, -0.05) is 130 Å². The highest BCUT2D eigenvalue weighted by Gasteiger charge is 2.56. The highest BCUT2D eigenvalue weighted by Crippen LogP contribution is 2.45. The van der Waals surface area contributed by atoms with Gasteiger partial charge >= 0.3 is 11.9 Å². The van der Waals surface area contributed by atoms with Crippen molar-refractivity contribution in [2.75, 3.05) is 14.2 Å². The van der Waals surface area contributed by atoms with Crippen LogP contribution in [-0.4, -0.2) is 46.7 Å². The molecule has 4 rings (SSSR count). The maximum atomic E-state index is 13.7. The smallest absolute Gasteiger partial charge is 0.323 e. The summed E-state index contributed by atoms with van der Waals surface area (Å²) in [6.07, 6.45) is 6.53. The minimum atomic E-state index is -2.99. The quantitative estimate of drug-likeness (QED) is 0.0888. The number of hydrogen-bond acceptors (Lipinski definition) is 6. The predicted octanol–water partition coefficient (Wildman–Crippen LogP) is 6.78. The van der Waals surface area contributed by atoms with Gasteiger partial charge in [-0.25, -0.2) is 0 Å². The molecule has 6 nitrogen and oxygen atoms in total. The molecule has 0 saturated carbocycles. The molecule has 0 aliphatic heterocycles. The third-order valence-electron chi connectivity index (χ3n) is 9.11. The maximum Gasteiger partial charge on any atom is 0.323 e. The number of hydrogen-bond donors (Lipinski definition) is 0. The first kappa shape index (κ1) is 35.1. The second-order valence-corrected chi connectivity index (χ2v) is 17.2. The minimum Gasteiger partial charge on any atom is -0.468 e. The zero-order valence-corrected chi connectivity index (χ0v) is 28.8. The van der Waals surface area contributed by atoms with Crippen molar-refractivity contribution < 1.29 is 28.2 Å². The minimum absolute atomic E-state index is 0.201. The molecular weight excluding hydrogens is 593 g/mol. The topological polar surface area (TPSA) is 71.1 Å². The number of carbonyl (C=O) groups excluding carboxylic acids is 2. The van der Waals surface area contributed by atoms with Gasteiger partial charge in [0.15, 0.2) is 5.41 Å². The van der Waals surface area contributed by atoms with E-state index in [1.807, 2.05) is 54.6 Å². The highest BCUT2D eigenvalue weighted by atomic mass is 28.4. The van der Waals surface area contributed by atoms with Gasteiger partial charge in [-0.2, -0.15) is 0 Å². The molecule has 3 atom stereocenters. The van der Waals surface area contributed by atoms with E-state index in [2.05, 4.69) is 75.9 Å². The van der Waals surface area contributed by atoms with Crippen LogP contribution in [0.5, 0.6) is 0 Å². The lowest BCUT2D eigenvalue weighted by molar-refractivity contribution is -0.173. The van der Waals surface area contributed by atoms with E-state index in [0.717, 1.165) is 15.9 Å². The second-order valence-electron chi connectivity index (χ2n) is 13.0. The summed E-state index contributed by atoms with van der Waals surface area (Å²) in [4.78, 5) is 27.4. The summed E-state index contributed by atoms with van der Waals surface area (Å²) in [5.74, 6) is -1.81. The van der Waals surface area contributed by atoms with Crippen LogP contribution in [0.1, 0.15) is 52.0 Å². The molecule has 1 aliphatic carbocycles. The molecule has 1 aliphatic rings. The summed E-state index contributed by atoms with van der Waals surface area (Å²) in [5.41, 5.74) is -0.513. The van der Waals surface area contributed by atoms with E-state index in [-0.39, 0.29) is 23.7 Å². The number of ether oxygens (including phenoxy) is 3. The Morgan fingerprint density at radius 3 is 1.80 bits per heavy atom. The fourth-order valence-corrected chi connectivity index (χ4v) is 11.5. The first-order valence-electron chi connectivity index (χ1n) is 16.0. The lowest BCUT2D eigenvalue weighted by atomic mass is 9.69. The van der Waals surface area contributed by atoms with E-state index in [9.17, 15) is 9.59 Å². The van der Waals surface area contributed by atoms with Crippen molar-refractivity contribution in [1.29, 1.82) is 0 Å². The molecule has 244 valence electrons. The van der Waals surface area contributed by atoms with Gasteiger partial charge in [0.25, 0.3) is 8.32 Å². The highest BCUT2D eigenvalue weighted by molar-refractivity contribution is 6.99. The van der Waals surface area contributed by atoms with E-state index in [4.69, 9.17) is 18.6 Å². The number of carbonyl (C=O) groups is 2. The monoisotopic (exact) mass is 640 g/mol. The zero-order chi connectivity index (χ0) is 33.2. The van der Waals surface area contributed by atoms with Gasteiger partial charge in [-0.3, -0.25) is 9.59 Å². The molecule has 0 unspecified atom stereocenters. The number of esters is 2. The molecule has 0 aromatic heterocycles. The summed E-state index contributed by atoms with van der Waals surface area (Å²) >= 11 is 0. The third kappa shape index (κ3) is 7.43. The summed E-state index contributed by atoms with van der Waals surface area (Å²) < 4.78 is 24.8. The Morgan fingerprint density at radius 2 is 1.33 bits per heavy atom. The van der Waals surface area contributed by atoms with Crippen LogP contribution < -0.4 is 10.4 Å². The van der Waals surface area contributed by atoms with Gasteiger partial charge in [0.2, 0.25) is 0 Å². The van der Waals surface area contributed by atoms with Crippen molar-refractivity contribution in [3.05, 3.63) is 121 Å². The Kier molecular flexibility index (Phi) is 12.0. The Bertz CT molecular complexity index is 1390. The summed E-state index contributed by atoms with van der Waals surface area (Å²) in [7, 11) is -0.361. The van der Waals surface area contributed by atoms with Crippen LogP contribution in [-0.2, 0) is 34.8 Å². The Balaban J connectivity index is 1.86. The lowest BCUT2D eigenvalue weighted by Gasteiger charge is -2.46. The van der Waals surface area contributed by atoms with E-state index >= 15 is 0 Å².